The van der Waals surface area contributed by atoms with Crippen molar-refractivity contribution in [3.8, 4) is 11.8 Å². The number of hydrogen-bond donors (Lipinski definition) is 1. The molecule has 0 bridgehead atoms. The Balaban J connectivity index is 3.02. The van der Waals surface area contributed by atoms with E-state index in [0.29, 0.717) is 13.0 Å². The summed E-state index contributed by atoms with van der Waals surface area (Å²) in [4.78, 5) is 0. The third kappa shape index (κ3) is 2.27. The summed E-state index contributed by atoms with van der Waals surface area (Å²) in [6.07, 6.45) is 0.387. The van der Waals surface area contributed by atoms with Crippen molar-refractivity contribution >= 4 is 0 Å². The van der Waals surface area contributed by atoms with Crippen molar-refractivity contribution in [1.29, 1.82) is 0 Å². The van der Waals surface area contributed by atoms with Gasteiger partial charge >= 0.3 is 0 Å². The van der Waals surface area contributed by atoms with E-state index < -0.39 is 17.5 Å². The highest BCUT2D eigenvalue weighted by atomic mass is 19.2. The van der Waals surface area contributed by atoms with Gasteiger partial charge in [-0.25, -0.2) is 13.2 Å². The van der Waals surface area contributed by atoms with E-state index in [-0.39, 0.29) is 5.56 Å². The van der Waals surface area contributed by atoms with Crippen LogP contribution in [0.1, 0.15) is 12.0 Å². The van der Waals surface area contributed by atoms with Gasteiger partial charge in [0.25, 0.3) is 0 Å². The van der Waals surface area contributed by atoms with Gasteiger partial charge in [0.1, 0.15) is 0 Å². The van der Waals surface area contributed by atoms with Crippen LogP contribution in [-0.2, 0) is 0 Å². The Morgan fingerprint density at radius 3 is 2.50 bits per heavy atom. The molecule has 2 N–H and O–H groups in total. The molecule has 0 spiro atoms. The molecule has 14 heavy (non-hydrogen) atoms. The van der Waals surface area contributed by atoms with Gasteiger partial charge in [0.05, 0.1) is 5.56 Å². The van der Waals surface area contributed by atoms with Crippen LogP contribution in [0.15, 0.2) is 12.1 Å². The van der Waals surface area contributed by atoms with Gasteiger partial charge in [-0.1, -0.05) is 11.8 Å². The lowest BCUT2D eigenvalue weighted by atomic mass is 10.2. The highest BCUT2D eigenvalue weighted by Gasteiger charge is 2.11. The van der Waals surface area contributed by atoms with E-state index in [1.807, 2.05) is 0 Å². The first-order chi connectivity index (χ1) is 6.66. The first-order valence-electron chi connectivity index (χ1n) is 3.99. The fourth-order valence-corrected chi connectivity index (χ4v) is 0.852. The second-order valence-electron chi connectivity index (χ2n) is 2.56. The fraction of sp³-hybridized carbons (Fsp3) is 0.200. The Morgan fingerprint density at radius 1 is 1.14 bits per heavy atom. The minimum absolute atomic E-state index is 0.155. The van der Waals surface area contributed by atoms with E-state index in [0.717, 1.165) is 12.1 Å². The molecule has 1 nitrogen and oxygen atoms in total. The molecule has 0 aliphatic carbocycles. The molecule has 1 aromatic rings. The van der Waals surface area contributed by atoms with Crippen LogP contribution in [0.4, 0.5) is 13.2 Å². The molecule has 0 heterocycles. The van der Waals surface area contributed by atoms with Crippen LogP contribution in [0.2, 0.25) is 0 Å². The molecule has 0 radical (unpaired) electrons. The average Bonchev–Trinajstić information content (AvgIpc) is 2.18. The van der Waals surface area contributed by atoms with Crippen LogP contribution < -0.4 is 5.73 Å². The third-order valence-electron chi connectivity index (χ3n) is 1.53. The molecule has 0 amide bonds. The zero-order valence-corrected chi connectivity index (χ0v) is 7.28. The van der Waals surface area contributed by atoms with Gasteiger partial charge in [-0.15, -0.1) is 0 Å². The Morgan fingerprint density at radius 2 is 1.86 bits per heavy atom. The van der Waals surface area contributed by atoms with Crippen LogP contribution in [-0.4, -0.2) is 6.54 Å². The number of benzene rings is 1. The molecule has 4 heteroatoms. The van der Waals surface area contributed by atoms with Crippen LogP contribution in [0.25, 0.3) is 0 Å². The SMILES string of the molecule is NCCC#Cc1ccc(F)c(F)c1F. The van der Waals surface area contributed by atoms with E-state index in [4.69, 9.17) is 5.73 Å². The summed E-state index contributed by atoms with van der Waals surface area (Å²) in [5.74, 6) is 0.938. The highest BCUT2D eigenvalue weighted by molar-refractivity contribution is 5.36. The summed E-state index contributed by atoms with van der Waals surface area (Å²) in [5.41, 5.74) is 5.00. The maximum Gasteiger partial charge on any atom is 0.195 e. The molecule has 1 rings (SSSR count). The van der Waals surface area contributed by atoms with E-state index >= 15 is 0 Å². The quantitative estimate of drug-likeness (QED) is 0.541. The van der Waals surface area contributed by atoms with Crippen LogP contribution in [0, 0.1) is 29.3 Å². The minimum atomic E-state index is -1.50. The Hall–Kier alpha value is -1.47. The fourth-order valence-electron chi connectivity index (χ4n) is 0.852. The monoisotopic (exact) mass is 199 g/mol. The predicted octanol–water partition coefficient (Wildman–Crippen LogP) is 1.80. The zero-order valence-electron chi connectivity index (χ0n) is 7.28. The molecule has 0 aliphatic rings. The van der Waals surface area contributed by atoms with Gasteiger partial charge in [-0.2, -0.15) is 0 Å². The van der Waals surface area contributed by atoms with Gasteiger partial charge in [0.15, 0.2) is 17.5 Å². The highest BCUT2D eigenvalue weighted by Crippen LogP contribution is 2.13. The third-order valence-corrected chi connectivity index (χ3v) is 1.53. The number of hydrogen-bond acceptors (Lipinski definition) is 1. The number of rotatable bonds is 1. The lowest BCUT2D eigenvalue weighted by molar-refractivity contribution is 0.446. The molecule has 1 aromatic carbocycles. The number of nitrogens with two attached hydrogens (primary N) is 1. The van der Waals surface area contributed by atoms with Gasteiger partial charge in [-0.3, -0.25) is 0 Å². The van der Waals surface area contributed by atoms with Gasteiger partial charge in [0, 0.05) is 13.0 Å². The Bertz CT molecular complexity index is 390. The van der Waals surface area contributed by atoms with Gasteiger partial charge < -0.3 is 5.73 Å². The standard InChI is InChI=1S/C10H8F3N/c11-8-5-4-7(3-1-2-6-14)9(12)10(8)13/h4-5H,2,6,14H2. The molecule has 0 atom stereocenters. The van der Waals surface area contributed by atoms with Crippen LogP contribution in [0.5, 0.6) is 0 Å². The largest absolute Gasteiger partial charge is 0.330 e. The lowest BCUT2D eigenvalue weighted by Crippen LogP contribution is -1.96. The van der Waals surface area contributed by atoms with Crippen molar-refractivity contribution < 1.29 is 13.2 Å². The molecule has 0 saturated carbocycles. The van der Waals surface area contributed by atoms with Crippen molar-refractivity contribution in [1.82, 2.24) is 0 Å². The van der Waals surface area contributed by atoms with Crippen molar-refractivity contribution in [2.24, 2.45) is 5.73 Å². The van der Waals surface area contributed by atoms with Crippen LogP contribution in [0.3, 0.4) is 0 Å². The summed E-state index contributed by atoms with van der Waals surface area (Å²) >= 11 is 0. The molecule has 0 unspecified atom stereocenters. The summed E-state index contributed by atoms with van der Waals surface area (Å²) in [5, 5.41) is 0. The van der Waals surface area contributed by atoms with Crippen molar-refractivity contribution in [2.45, 2.75) is 6.42 Å². The van der Waals surface area contributed by atoms with Crippen molar-refractivity contribution in [2.75, 3.05) is 6.54 Å². The minimum Gasteiger partial charge on any atom is -0.330 e. The zero-order chi connectivity index (χ0) is 10.6. The van der Waals surface area contributed by atoms with Gasteiger partial charge in [0.2, 0.25) is 0 Å². The van der Waals surface area contributed by atoms with E-state index in [2.05, 4.69) is 11.8 Å². The smallest absolute Gasteiger partial charge is 0.195 e. The first kappa shape index (κ1) is 10.6. The van der Waals surface area contributed by atoms with Crippen LogP contribution >= 0.6 is 0 Å². The second kappa shape index (κ2) is 4.68. The summed E-state index contributed by atoms with van der Waals surface area (Å²) in [6, 6.07) is 1.93. The maximum absolute atomic E-state index is 12.9. The van der Waals surface area contributed by atoms with E-state index in [1.54, 1.807) is 0 Å². The summed E-state index contributed by atoms with van der Waals surface area (Å²) in [7, 11) is 0. The normalized spacial score (nSPS) is 9.43. The molecular weight excluding hydrogens is 191 g/mol. The molecule has 0 saturated heterocycles. The second-order valence-corrected chi connectivity index (χ2v) is 2.56. The van der Waals surface area contributed by atoms with E-state index in [9.17, 15) is 13.2 Å². The lowest BCUT2D eigenvalue weighted by Gasteiger charge is -1.96. The predicted molar refractivity (Wildman–Crippen MR) is 46.9 cm³/mol. The summed E-state index contributed by atoms with van der Waals surface area (Å²) < 4.78 is 38.1. The molecule has 74 valence electrons. The van der Waals surface area contributed by atoms with Crippen molar-refractivity contribution in [3.63, 3.8) is 0 Å². The topological polar surface area (TPSA) is 26.0 Å². The van der Waals surface area contributed by atoms with Crippen molar-refractivity contribution in [3.05, 3.63) is 35.1 Å². The molecule has 0 aliphatic heterocycles. The van der Waals surface area contributed by atoms with E-state index in [1.165, 1.54) is 0 Å². The maximum atomic E-state index is 12.9. The first-order valence-corrected chi connectivity index (χ1v) is 3.99. The average molecular weight is 199 g/mol. The molecule has 0 fully saturated rings. The van der Waals surface area contributed by atoms with Gasteiger partial charge in [-0.05, 0) is 12.1 Å². The molecular formula is C10H8F3N. The number of halogens is 3. The Labute approximate surface area is 79.7 Å². The summed E-state index contributed by atoms with van der Waals surface area (Å²) in [6.45, 7) is 0.346. The Kier molecular flexibility index (Phi) is 3.55. The molecule has 0 aromatic heterocycles.